The lowest BCUT2D eigenvalue weighted by atomic mass is 10.1. The summed E-state index contributed by atoms with van der Waals surface area (Å²) in [6.45, 7) is 4.44. The van der Waals surface area contributed by atoms with Crippen LogP contribution in [-0.4, -0.2) is 18.0 Å². The smallest absolute Gasteiger partial charge is 0.342 e. The van der Waals surface area contributed by atoms with Gasteiger partial charge in [0.05, 0.1) is 0 Å². The number of carbonyl (C=O) groups excluding carboxylic acids is 2. The third-order valence-corrected chi connectivity index (χ3v) is 3.30. The zero-order chi connectivity index (χ0) is 17.9. The molecule has 0 radical (unpaired) electrons. The van der Waals surface area contributed by atoms with Crippen LogP contribution >= 0.6 is 0 Å². The molecule has 0 aliphatic carbocycles. The number of hydrogen-bond acceptors (Lipinski definition) is 5. The Morgan fingerprint density at radius 3 is 2.42 bits per heavy atom. The monoisotopic (exact) mass is 333 g/mol. The normalized spacial score (nSPS) is 11.7. The zero-order valence-electron chi connectivity index (χ0n) is 13.4. The number of nitrogens with one attached hydrogen (secondary N) is 1. The number of aryl methyl sites for hydroxylation is 2. The van der Waals surface area contributed by atoms with Crippen LogP contribution in [-0.2, 0) is 9.53 Å². The van der Waals surface area contributed by atoms with Gasteiger partial charge in [-0.1, -0.05) is 0 Å². The van der Waals surface area contributed by atoms with Crippen LogP contribution in [0.4, 0.5) is 10.1 Å². The minimum absolute atomic E-state index is 0.107. The second-order valence-electron chi connectivity index (χ2n) is 5.22. The van der Waals surface area contributed by atoms with E-state index in [2.05, 4.69) is 5.32 Å². The minimum Gasteiger partial charge on any atom is -0.449 e. The lowest BCUT2D eigenvalue weighted by Crippen LogP contribution is -2.30. The van der Waals surface area contributed by atoms with Crippen LogP contribution in [0.25, 0.3) is 0 Å². The van der Waals surface area contributed by atoms with Crippen molar-refractivity contribution in [1.82, 2.24) is 0 Å². The van der Waals surface area contributed by atoms with E-state index in [1.54, 1.807) is 6.92 Å². The Morgan fingerprint density at radius 1 is 1.21 bits per heavy atom. The second kappa shape index (κ2) is 7.08. The quantitative estimate of drug-likeness (QED) is 0.869. The van der Waals surface area contributed by atoms with Gasteiger partial charge in [-0.15, -0.1) is 0 Å². The van der Waals surface area contributed by atoms with Crippen molar-refractivity contribution < 1.29 is 23.1 Å². The molecule has 1 N–H and O–H groups in total. The Bertz CT molecular complexity index is 800. The van der Waals surface area contributed by atoms with Crippen LogP contribution in [0, 0.1) is 19.7 Å². The number of ether oxygens (including phenoxy) is 1. The van der Waals surface area contributed by atoms with Gasteiger partial charge in [0.25, 0.3) is 5.91 Å². The van der Waals surface area contributed by atoms with E-state index in [0.717, 1.165) is 0 Å². The number of hydrogen-bond donors (Lipinski definition) is 1. The highest BCUT2D eigenvalue weighted by molar-refractivity contribution is 5.98. The molecule has 1 unspecified atom stereocenters. The maximum absolute atomic E-state index is 12.8. The fraction of sp³-hybridized carbons (Fsp3) is 0.235. The molecular formula is C17H16FNO5. The van der Waals surface area contributed by atoms with Crippen LogP contribution in [0.1, 0.15) is 28.6 Å². The molecule has 0 fully saturated rings. The SMILES string of the molecule is Cc1cc(=O)oc(C)c1C(=O)OC(C)C(=O)Nc1ccc(F)cc1. The van der Waals surface area contributed by atoms with Gasteiger partial charge in [0.15, 0.2) is 6.10 Å². The van der Waals surface area contributed by atoms with Crippen molar-refractivity contribution in [2.45, 2.75) is 26.9 Å². The molecule has 6 nitrogen and oxygen atoms in total. The summed E-state index contributed by atoms with van der Waals surface area (Å²) in [5.74, 6) is -1.64. The molecule has 1 aromatic carbocycles. The molecule has 7 heteroatoms. The zero-order valence-corrected chi connectivity index (χ0v) is 13.4. The Kier molecular flexibility index (Phi) is 5.13. The highest BCUT2D eigenvalue weighted by Crippen LogP contribution is 2.14. The van der Waals surface area contributed by atoms with Crippen molar-refractivity contribution in [2.24, 2.45) is 0 Å². The largest absolute Gasteiger partial charge is 0.449 e. The Balaban J connectivity index is 2.07. The van der Waals surface area contributed by atoms with E-state index in [1.807, 2.05) is 0 Å². The van der Waals surface area contributed by atoms with Gasteiger partial charge in [-0.25, -0.2) is 14.0 Å². The van der Waals surface area contributed by atoms with Crippen molar-refractivity contribution in [3.63, 3.8) is 0 Å². The van der Waals surface area contributed by atoms with Gasteiger partial charge in [0, 0.05) is 11.8 Å². The van der Waals surface area contributed by atoms with Crippen molar-refractivity contribution in [1.29, 1.82) is 0 Å². The van der Waals surface area contributed by atoms with Crippen molar-refractivity contribution in [3.05, 3.63) is 63.5 Å². The lowest BCUT2D eigenvalue weighted by Gasteiger charge is -2.15. The molecule has 0 spiro atoms. The van der Waals surface area contributed by atoms with E-state index < -0.39 is 29.4 Å². The molecule has 24 heavy (non-hydrogen) atoms. The third kappa shape index (κ3) is 4.07. The van der Waals surface area contributed by atoms with Crippen molar-refractivity contribution >= 4 is 17.6 Å². The van der Waals surface area contributed by atoms with E-state index in [-0.39, 0.29) is 11.3 Å². The summed E-state index contributed by atoms with van der Waals surface area (Å²) in [6.07, 6.45) is -1.09. The van der Waals surface area contributed by atoms with Gasteiger partial charge >= 0.3 is 11.6 Å². The van der Waals surface area contributed by atoms with E-state index in [0.29, 0.717) is 11.3 Å². The average molecular weight is 333 g/mol. The molecule has 0 saturated carbocycles. The number of amides is 1. The molecule has 2 aromatic rings. The minimum atomic E-state index is -1.09. The standard InChI is InChI=1S/C17H16FNO5/c1-9-8-14(20)23-10(2)15(9)17(22)24-11(3)16(21)19-13-6-4-12(18)5-7-13/h4-8,11H,1-3H3,(H,19,21). The first-order valence-corrected chi connectivity index (χ1v) is 7.16. The summed E-state index contributed by atoms with van der Waals surface area (Å²) in [7, 11) is 0. The summed E-state index contributed by atoms with van der Waals surface area (Å²) in [5, 5.41) is 2.51. The first kappa shape index (κ1) is 17.4. The van der Waals surface area contributed by atoms with Crippen LogP contribution in [0.5, 0.6) is 0 Å². The fourth-order valence-corrected chi connectivity index (χ4v) is 2.11. The molecule has 0 aliphatic rings. The summed E-state index contributed by atoms with van der Waals surface area (Å²) < 4.78 is 22.8. The molecular weight excluding hydrogens is 317 g/mol. The van der Waals surface area contributed by atoms with Gasteiger partial charge in [-0.05, 0) is 50.6 Å². The average Bonchev–Trinajstić information content (AvgIpc) is 2.48. The number of halogens is 1. The maximum Gasteiger partial charge on any atom is 0.342 e. The van der Waals surface area contributed by atoms with Crippen molar-refractivity contribution in [2.75, 3.05) is 5.32 Å². The fourth-order valence-electron chi connectivity index (χ4n) is 2.11. The summed E-state index contributed by atoms with van der Waals surface area (Å²) in [6, 6.07) is 6.35. The van der Waals surface area contributed by atoms with Gasteiger partial charge in [-0.3, -0.25) is 4.79 Å². The molecule has 1 heterocycles. The topological polar surface area (TPSA) is 85.6 Å². The number of anilines is 1. The number of rotatable bonds is 4. The van der Waals surface area contributed by atoms with Crippen molar-refractivity contribution in [3.8, 4) is 0 Å². The van der Waals surface area contributed by atoms with Crippen LogP contribution in [0.3, 0.4) is 0 Å². The predicted molar refractivity (Wildman–Crippen MR) is 84.4 cm³/mol. The molecule has 126 valence electrons. The molecule has 2 rings (SSSR count). The lowest BCUT2D eigenvalue weighted by molar-refractivity contribution is -0.123. The molecule has 0 bridgehead atoms. The molecule has 0 aliphatic heterocycles. The van der Waals surface area contributed by atoms with Gasteiger partial charge in [0.2, 0.25) is 0 Å². The molecule has 1 aromatic heterocycles. The predicted octanol–water partition coefficient (Wildman–Crippen LogP) is 2.58. The maximum atomic E-state index is 12.8. The molecule has 1 atom stereocenters. The van der Waals surface area contributed by atoms with E-state index >= 15 is 0 Å². The molecule has 1 amide bonds. The number of benzene rings is 1. The van der Waals surface area contributed by atoms with E-state index in [1.165, 1.54) is 44.2 Å². The van der Waals surface area contributed by atoms with E-state index in [9.17, 15) is 18.8 Å². The first-order chi connectivity index (χ1) is 11.3. The summed E-state index contributed by atoms with van der Waals surface area (Å²) in [5.41, 5.74) is 0.321. The summed E-state index contributed by atoms with van der Waals surface area (Å²) >= 11 is 0. The second-order valence-corrected chi connectivity index (χ2v) is 5.22. The van der Waals surface area contributed by atoms with Gasteiger partial charge in [-0.2, -0.15) is 0 Å². The van der Waals surface area contributed by atoms with Gasteiger partial charge in [0.1, 0.15) is 17.1 Å². The highest BCUT2D eigenvalue weighted by atomic mass is 19.1. The number of esters is 1. The van der Waals surface area contributed by atoms with Crippen LogP contribution in [0.2, 0.25) is 0 Å². The van der Waals surface area contributed by atoms with Crippen LogP contribution < -0.4 is 10.9 Å². The Morgan fingerprint density at radius 2 is 1.83 bits per heavy atom. The van der Waals surface area contributed by atoms with Gasteiger partial charge < -0.3 is 14.5 Å². The highest BCUT2D eigenvalue weighted by Gasteiger charge is 2.23. The molecule has 0 saturated heterocycles. The third-order valence-electron chi connectivity index (χ3n) is 3.30. The number of carbonyl (C=O) groups is 2. The Labute approximate surface area is 137 Å². The Hall–Kier alpha value is -2.96. The summed E-state index contributed by atoms with van der Waals surface area (Å²) in [4.78, 5) is 35.5. The van der Waals surface area contributed by atoms with E-state index in [4.69, 9.17) is 9.15 Å². The van der Waals surface area contributed by atoms with Crippen LogP contribution in [0.15, 0.2) is 39.5 Å². The first-order valence-electron chi connectivity index (χ1n) is 7.16.